The minimum Gasteiger partial charge on any atom is -0.481 e. The first-order valence-corrected chi connectivity index (χ1v) is 4.98. The molecule has 0 saturated heterocycles. The van der Waals surface area contributed by atoms with Crippen molar-refractivity contribution in [3.05, 3.63) is 17.5 Å². The van der Waals surface area contributed by atoms with Crippen molar-refractivity contribution >= 4 is 11.9 Å². The second-order valence-corrected chi connectivity index (χ2v) is 3.37. The summed E-state index contributed by atoms with van der Waals surface area (Å²) in [5.41, 5.74) is 0.652. The van der Waals surface area contributed by atoms with E-state index in [1.807, 2.05) is 0 Å². The number of hydrogen-bond acceptors (Lipinski definition) is 4. The van der Waals surface area contributed by atoms with E-state index in [9.17, 15) is 9.59 Å². The molecule has 6 heteroatoms. The van der Waals surface area contributed by atoms with Crippen LogP contribution in [0.25, 0.3) is 0 Å². The van der Waals surface area contributed by atoms with Gasteiger partial charge in [-0.1, -0.05) is 5.16 Å². The molecule has 0 spiro atoms. The normalized spacial score (nSPS) is 10.1. The zero-order valence-electron chi connectivity index (χ0n) is 9.27. The Morgan fingerprint density at radius 3 is 2.69 bits per heavy atom. The Bertz CT molecular complexity index is 386. The molecule has 0 aliphatic carbocycles. The zero-order chi connectivity index (χ0) is 12.1. The molecule has 0 bridgehead atoms. The van der Waals surface area contributed by atoms with Crippen molar-refractivity contribution in [1.82, 2.24) is 10.1 Å². The Labute approximate surface area is 92.8 Å². The van der Waals surface area contributed by atoms with Gasteiger partial charge in [0.1, 0.15) is 0 Å². The average Bonchev–Trinajstić information content (AvgIpc) is 2.64. The number of carbonyl (C=O) groups is 2. The van der Waals surface area contributed by atoms with Crippen molar-refractivity contribution in [2.45, 2.75) is 20.3 Å². The lowest BCUT2D eigenvalue weighted by atomic mass is 10.2. The molecule has 1 N–H and O–H groups in total. The lowest BCUT2D eigenvalue weighted by Crippen LogP contribution is -2.32. The molecule has 0 aliphatic rings. The highest BCUT2D eigenvalue weighted by Gasteiger charge is 2.20. The van der Waals surface area contributed by atoms with Gasteiger partial charge in [0.05, 0.1) is 12.6 Å². The maximum absolute atomic E-state index is 11.9. The van der Waals surface area contributed by atoms with Gasteiger partial charge in [-0.2, -0.15) is 0 Å². The van der Waals surface area contributed by atoms with Crippen LogP contribution in [0.1, 0.15) is 29.5 Å². The van der Waals surface area contributed by atoms with Crippen LogP contribution < -0.4 is 0 Å². The third-order valence-electron chi connectivity index (χ3n) is 2.21. The molecule has 88 valence electrons. The molecule has 0 atom stereocenters. The fraction of sp³-hybridized carbons (Fsp3) is 0.500. The predicted molar refractivity (Wildman–Crippen MR) is 55.1 cm³/mol. The van der Waals surface area contributed by atoms with Crippen LogP contribution in [0.4, 0.5) is 0 Å². The van der Waals surface area contributed by atoms with Gasteiger partial charge in [-0.15, -0.1) is 0 Å². The number of carboxylic acid groups (broad SMARTS) is 1. The molecular formula is C10H14N2O4. The van der Waals surface area contributed by atoms with Crippen molar-refractivity contribution in [2.24, 2.45) is 0 Å². The molecule has 1 amide bonds. The van der Waals surface area contributed by atoms with Crippen molar-refractivity contribution in [2.75, 3.05) is 13.1 Å². The van der Waals surface area contributed by atoms with E-state index in [0.29, 0.717) is 12.1 Å². The number of aliphatic carboxylic acids is 1. The van der Waals surface area contributed by atoms with Gasteiger partial charge in [0.15, 0.2) is 0 Å². The molecule has 1 rings (SSSR count). The smallest absolute Gasteiger partial charge is 0.305 e. The van der Waals surface area contributed by atoms with Crippen molar-refractivity contribution < 1.29 is 19.2 Å². The number of aromatic nitrogens is 1. The van der Waals surface area contributed by atoms with E-state index >= 15 is 0 Å². The first-order valence-electron chi connectivity index (χ1n) is 4.98. The minimum absolute atomic E-state index is 0.0766. The number of carboxylic acids is 1. The second kappa shape index (κ2) is 5.29. The van der Waals surface area contributed by atoms with Gasteiger partial charge in [0, 0.05) is 18.7 Å². The van der Waals surface area contributed by atoms with Crippen LogP contribution in [0.2, 0.25) is 0 Å². The SMILES string of the molecule is CCN(CCC(=O)O)C(=O)c1oncc1C. The van der Waals surface area contributed by atoms with Crippen LogP contribution in [-0.4, -0.2) is 40.1 Å². The summed E-state index contributed by atoms with van der Waals surface area (Å²) in [5.74, 6) is -1.08. The molecule has 1 aromatic rings. The maximum Gasteiger partial charge on any atom is 0.305 e. The molecule has 0 aliphatic heterocycles. The standard InChI is InChI=1S/C10H14N2O4/c1-3-12(5-4-8(13)14)10(15)9-7(2)6-11-16-9/h6H,3-5H2,1-2H3,(H,13,14). The average molecular weight is 226 g/mol. The quantitative estimate of drug-likeness (QED) is 0.807. The lowest BCUT2D eigenvalue weighted by molar-refractivity contribution is -0.137. The summed E-state index contributed by atoms with van der Waals surface area (Å²) in [6.07, 6.45) is 1.38. The topological polar surface area (TPSA) is 83.6 Å². The number of hydrogen-bond donors (Lipinski definition) is 1. The van der Waals surface area contributed by atoms with Gasteiger partial charge in [-0.05, 0) is 13.8 Å². The molecule has 1 heterocycles. The van der Waals surface area contributed by atoms with Crippen molar-refractivity contribution in [3.63, 3.8) is 0 Å². The summed E-state index contributed by atoms with van der Waals surface area (Å²) in [4.78, 5) is 23.7. The van der Waals surface area contributed by atoms with Crippen LogP contribution in [0.5, 0.6) is 0 Å². The van der Waals surface area contributed by atoms with Crippen LogP contribution in [0.15, 0.2) is 10.7 Å². The number of amides is 1. The first-order chi connectivity index (χ1) is 7.56. The molecule has 0 fully saturated rings. The van der Waals surface area contributed by atoms with E-state index in [2.05, 4.69) is 5.16 Å². The molecule has 0 unspecified atom stereocenters. The summed E-state index contributed by atoms with van der Waals surface area (Å²) >= 11 is 0. The fourth-order valence-electron chi connectivity index (χ4n) is 1.27. The van der Waals surface area contributed by atoms with Gasteiger partial charge in [-0.3, -0.25) is 9.59 Å². The van der Waals surface area contributed by atoms with E-state index in [4.69, 9.17) is 9.63 Å². The first kappa shape index (κ1) is 12.2. The van der Waals surface area contributed by atoms with E-state index < -0.39 is 5.97 Å². The highest BCUT2D eigenvalue weighted by atomic mass is 16.5. The fourth-order valence-corrected chi connectivity index (χ4v) is 1.27. The molecule has 1 aromatic heterocycles. The van der Waals surface area contributed by atoms with Crippen LogP contribution in [-0.2, 0) is 4.79 Å². The third kappa shape index (κ3) is 2.82. The van der Waals surface area contributed by atoms with Gasteiger partial charge >= 0.3 is 5.97 Å². The van der Waals surface area contributed by atoms with Crippen molar-refractivity contribution in [3.8, 4) is 0 Å². The van der Waals surface area contributed by atoms with Crippen molar-refractivity contribution in [1.29, 1.82) is 0 Å². The van der Waals surface area contributed by atoms with Crippen LogP contribution >= 0.6 is 0 Å². The molecule has 0 aromatic carbocycles. The monoisotopic (exact) mass is 226 g/mol. The largest absolute Gasteiger partial charge is 0.481 e. The molecule has 6 nitrogen and oxygen atoms in total. The van der Waals surface area contributed by atoms with E-state index in [1.165, 1.54) is 11.1 Å². The summed E-state index contributed by atoms with van der Waals surface area (Å²) in [6.45, 7) is 4.11. The van der Waals surface area contributed by atoms with Gasteiger partial charge in [0.2, 0.25) is 5.76 Å². The molecule has 16 heavy (non-hydrogen) atoms. The number of aryl methyl sites for hydroxylation is 1. The Balaban J connectivity index is 2.70. The second-order valence-electron chi connectivity index (χ2n) is 3.37. The highest BCUT2D eigenvalue weighted by Crippen LogP contribution is 2.10. The summed E-state index contributed by atoms with van der Waals surface area (Å²) < 4.78 is 4.83. The van der Waals surface area contributed by atoms with E-state index in [1.54, 1.807) is 13.8 Å². The summed E-state index contributed by atoms with van der Waals surface area (Å²) in [7, 11) is 0. The Kier molecular flexibility index (Phi) is 4.04. The number of rotatable bonds is 5. The minimum atomic E-state index is -0.930. The zero-order valence-corrected chi connectivity index (χ0v) is 9.27. The van der Waals surface area contributed by atoms with Crippen LogP contribution in [0.3, 0.4) is 0 Å². The molecule has 0 saturated carbocycles. The Morgan fingerprint density at radius 2 is 2.25 bits per heavy atom. The predicted octanol–water partition coefficient (Wildman–Crippen LogP) is 0.920. The van der Waals surface area contributed by atoms with E-state index in [-0.39, 0.29) is 24.6 Å². The Hall–Kier alpha value is -1.85. The maximum atomic E-state index is 11.9. The van der Waals surface area contributed by atoms with E-state index in [0.717, 1.165) is 0 Å². The number of nitrogens with zero attached hydrogens (tertiary/aromatic N) is 2. The molecule has 0 radical (unpaired) electrons. The highest BCUT2D eigenvalue weighted by molar-refractivity contribution is 5.92. The Morgan fingerprint density at radius 1 is 1.56 bits per heavy atom. The van der Waals surface area contributed by atoms with Crippen LogP contribution in [0, 0.1) is 6.92 Å². The lowest BCUT2D eigenvalue weighted by Gasteiger charge is -2.18. The van der Waals surface area contributed by atoms with Gasteiger partial charge < -0.3 is 14.5 Å². The summed E-state index contributed by atoms with van der Waals surface area (Å²) in [6, 6.07) is 0. The van der Waals surface area contributed by atoms with Gasteiger partial charge in [-0.25, -0.2) is 0 Å². The number of carbonyl (C=O) groups excluding carboxylic acids is 1. The third-order valence-corrected chi connectivity index (χ3v) is 2.21. The molecular weight excluding hydrogens is 212 g/mol. The summed E-state index contributed by atoms with van der Waals surface area (Å²) in [5, 5.41) is 12.1. The van der Waals surface area contributed by atoms with Gasteiger partial charge in [0.25, 0.3) is 5.91 Å².